The molecule has 0 aliphatic carbocycles. The smallest absolute Gasteiger partial charge is 0.309 e. The quantitative estimate of drug-likeness (QED) is 0.762. The lowest BCUT2D eigenvalue weighted by Gasteiger charge is -2.09. The lowest BCUT2D eigenvalue weighted by Crippen LogP contribution is -2.30. The van der Waals surface area contributed by atoms with Crippen LogP contribution in [0.1, 0.15) is 13.3 Å². The monoisotopic (exact) mass is 333 g/mol. The first-order valence-electron chi connectivity index (χ1n) is 7.41. The van der Waals surface area contributed by atoms with Gasteiger partial charge in [-0.2, -0.15) is 0 Å². The number of rotatable bonds is 6. The Balaban J connectivity index is 2.10. The maximum atomic E-state index is 11.3. The van der Waals surface area contributed by atoms with Gasteiger partial charge in [0.1, 0.15) is 12.4 Å². The second kappa shape index (κ2) is 8.44. The molecule has 0 saturated heterocycles. The minimum atomic E-state index is -0.257. The third-order valence-corrected chi connectivity index (χ3v) is 3.78. The van der Waals surface area contributed by atoms with E-state index in [0.717, 1.165) is 10.6 Å². The number of aromatic nitrogens is 1. The summed E-state index contributed by atoms with van der Waals surface area (Å²) in [7, 11) is 1.39. The average Bonchev–Trinajstić information content (AvgIpc) is 2.96. The molecule has 2 aromatic rings. The van der Waals surface area contributed by atoms with E-state index in [9.17, 15) is 4.79 Å². The number of carbonyl (C=O) groups is 1. The van der Waals surface area contributed by atoms with Gasteiger partial charge in [-0.25, -0.2) is 0 Å². The van der Waals surface area contributed by atoms with Gasteiger partial charge in [0.25, 0.3) is 0 Å². The number of nitrogens with zero attached hydrogens (tertiary/aromatic N) is 1. The maximum Gasteiger partial charge on any atom is 0.309 e. The molecular formula is C18H20ClNO3. The Hall–Kier alpha value is -2.20. The zero-order chi connectivity index (χ0) is 16.7. The Bertz CT molecular complexity index is 780. The molecule has 1 aromatic carbocycles. The fourth-order valence-electron chi connectivity index (χ4n) is 2.26. The van der Waals surface area contributed by atoms with E-state index < -0.39 is 0 Å². The van der Waals surface area contributed by atoms with Crippen molar-refractivity contribution in [2.45, 2.75) is 19.9 Å². The lowest BCUT2D eigenvalue weighted by atomic mass is 10.3. The van der Waals surface area contributed by atoms with Gasteiger partial charge in [-0.15, -0.1) is 0 Å². The fraction of sp³-hybridized carbons (Fsp3) is 0.278. The Morgan fingerprint density at radius 1 is 1.30 bits per heavy atom. The van der Waals surface area contributed by atoms with E-state index in [1.165, 1.54) is 7.11 Å². The number of carbonyl (C=O) groups excluding carboxylic acids is 1. The second-order valence-electron chi connectivity index (χ2n) is 4.90. The van der Waals surface area contributed by atoms with Crippen LogP contribution >= 0.6 is 11.6 Å². The van der Waals surface area contributed by atoms with Crippen molar-refractivity contribution in [2.24, 2.45) is 0 Å². The fourth-order valence-corrected chi connectivity index (χ4v) is 2.45. The molecule has 122 valence electrons. The Kier molecular flexibility index (Phi) is 6.29. The standard InChI is InChI=1S/C18H20ClNO3/c1-3-14-10-11-20(16(14)8-9-18(21)22-2)12-13-23-17-7-5-4-6-15(17)19/h3-8,10-11H,9,12-13H2,1-2H3/b14-3-,16-8+. The van der Waals surface area contributed by atoms with Crippen molar-refractivity contribution in [3.8, 4) is 5.75 Å². The van der Waals surface area contributed by atoms with E-state index in [2.05, 4.69) is 9.30 Å². The summed E-state index contributed by atoms with van der Waals surface area (Å²) >= 11 is 6.07. The molecule has 0 unspecified atom stereocenters. The van der Waals surface area contributed by atoms with Gasteiger partial charge in [-0.1, -0.05) is 29.8 Å². The van der Waals surface area contributed by atoms with Gasteiger partial charge in [0, 0.05) is 11.5 Å². The molecular weight excluding hydrogens is 314 g/mol. The van der Waals surface area contributed by atoms with Gasteiger partial charge in [0.15, 0.2) is 0 Å². The van der Waals surface area contributed by atoms with Crippen LogP contribution in [0.25, 0.3) is 12.2 Å². The molecule has 4 nitrogen and oxygen atoms in total. The summed E-state index contributed by atoms with van der Waals surface area (Å²) in [6.07, 6.45) is 6.10. The van der Waals surface area contributed by atoms with Crippen LogP contribution in [0, 0.1) is 0 Å². The van der Waals surface area contributed by atoms with Crippen molar-refractivity contribution < 1.29 is 14.3 Å². The predicted molar refractivity (Wildman–Crippen MR) is 91.9 cm³/mol. The summed E-state index contributed by atoms with van der Waals surface area (Å²) < 4.78 is 12.5. The highest BCUT2D eigenvalue weighted by Crippen LogP contribution is 2.22. The van der Waals surface area contributed by atoms with E-state index in [1.807, 2.05) is 49.5 Å². The molecule has 0 aliphatic rings. The van der Waals surface area contributed by atoms with E-state index >= 15 is 0 Å². The predicted octanol–water partition coefficient (Wildman–Crippen LogP) is 2.36. The molecule has 1 aromatic heterocycles. The highest BCUT2D eigenvalue weighted by Gasteiger charge is 2.02. The van der Waals surface area contributed by atoms with Crippen molar-refractivity contribution in [3.63, 3.8) is 0 Å². The Morgan fingerprint density at radius 3 is 2.78 bits per heavy atom. The molecule has 0 bridgehead atoms. The Morgan fingerprint density at radius 2 is 2.09 bits per heavy atom. The number of ether oxygens (including phenoxy) is 2. The molecule has 5 heteroatoms. The van der Waals surface area contributed by atoms with E-state index in [-0.39, 0.29) is 12.4 Å². The highest BCUT2D eigenvalue weighted by atomic mass is 35.5. The number of hydrogen-bond acceptors (Lipinski definition) is 3. The number of benzene rings is 1. The third-order valence-electron chi connectivity index (χ3n) is 3.47. The van der Waals surface area contributed by atoms with Gasteiger partial charge in [-0.05, 0) is 36.4 Å². The largest absolute Gasteiger partial charge is 0.490 e. The summed E-state index contributed by atoms with van der Waals surface area (Å²) in [6, 6.07) is 9.40. The number of esters is 1. The molecule has 0 aliphatic heterocycles. The van der Waals surface area contributed by atoms with Crippen molar-refractivity contribution >= 4 is 29.7 Å². The first-order chi connectivity index (χ1) is 11.2. The van der Waals surface area contributed by atoms with Crippen LogP contribution in [0.2, 0.25) is 5.02 Å². The minimum Gasteiger partial charge on any atom is -0.490 e. The minimum absolute atomic E-state index is 0.243. The van der Waals surface area contributed by atoms with Crippen LogP contribution in [0.15, 0.2) is 36.5 Å². The molecule has 0 saturated carbocycles. The summed E-state index contributed by atoms with van der Waals surface area (Å²) in [6.45, 7) is 3.11. The average molecular weight is 334 g/mol. The molecule has 2 rings (SSSR count). The summed E-state index contributed by atoms with van der Waals surface area (Å²) in [5, 5.41) is 2.66. The molecule has 23 heavy (non-hydrogen) atoms. The summed E-state index contributed by atoms with van der Waals surface area (Å²) in [5.41, 5.74) is 0. The van der Waals surface area contributed by atoms with Crippen LogP contribution < -0.4 is 15.3 Å². The first kappa shape index (κ1) is 17.2. The zero-order valence-corrected chi connectivity index (χ0v) is 14.0. The number of methoxy groups -OCH3 is 1. The summed E-state index contributed by atoms with van der Waals surface area (Å²) in [5.74, 6) is 0.413. The molecule has 0 N–H and O–H groups in total. The van der Waals surface area contributed by atoms with Crippen molar-refractivity contribution in [3.05, 3.63) is 52.1 Å². The number of halogens is 1. The van der Waals surface area contributed by atoms with Crippen LogP contribution in [0.3, 0.4) is 0 Å². The van der Waals surface area contributed by atoms with Gasteiger partial charge >= 0.3 is 5.97 Å². The van der Waals surface area contributed by atoms with E-state index in [1.54, 1.807) is 6.07 Å². The van der Waals surface area contributed by atoms with Crippen LogP contribution in [-0.2, 0) is 16.1 Å². The molecule has 0 radical (unpaired) electrons. The molecule has 0 spiro atoms. The van der Waals surface area contributed by atoms with Gasteiger partial charge in [-0.3, -0.25) is 4.79 Å². The topological polar surface area (TPSA) is 40.5 Å². The summed E-state index contributed by atoms with van der Waals surface area (Å²) in [4.78, 5) is 11.3. The normalized spacial score (nSPS) is 12.5. The van der Waals surface area contributed by atoms with E-state index in [0.29, 0.717) is 23.9 Å². The number of hydrogen-bond donors (Lipinski definition) is 0. The molecule has 0 amide bonds. The van der Waals surface area contributed by atoms with Crippen LogP contribution in [-0.4, -0.2) is 24.3 Å². The second-order valence-corrected chi connectivity index (χ2v) is 5.31. The molecule has 0 atom stereocenters. The van der Waals surface area contributed by atoms with Crippen molar-refractivity contribution in [1.29, 1.82) is 0 Å². The van der Waals surface area contributed by atoms with E-state index in [4.69, 9.17) is 16.3 Å². The molecule has 0 fully saturated rings. The lowest BCUT2D eigenvalue weighted by molar-refractivity contribution is -0.139. The van der Waals surface area contributed by atoms with Crippen molar-refractivity contribution in [1.82, 2.24) is 4.57 Å². The number of para-hydroxylation sites is 1. The SMILES string of the molecule is C/C=c1/ccn(CCOc2ccccc2Cl)/c1=C/CC(=O)OC. The highest BCUT2D eigenvalue weighted by molar-refractivity contribution is 6.32. The van der Waals surface area contributed by atoms with Gasteiger partial charge in [0.05, 0.1) is 25.1 Å². The third kappa shape index (κ3) is 4.63. The maximum absolute atomic E-state index is 11.3. The van der Waals surface area contributed by atoms with Crippen LogP contribution in [0.5, 0.6) is 5.75 Å². The van der Waals surface area contributed by atoms with Crippen molar-refractivity contribution in [2.75, 3.05) is 13.7 Å². The molecule has 1 heterocycles. The van der Waals surface area contributed by atoms with Gasteiger partial charge in [0.2, 0.25) is 0 Å². The van der Waals surface area contributed by atoms with Gasteiger partial charge < -0.3 is 14.0 Å². The Labute approximate surface area is 140 Å². The zero-order valence-electron chi connectivity index (χ0n) is 13.3. The van der Waals surface area contributed by atoms with Crippen LogP contribution in [0.4, 0.5) is 0 Å². The first-order valence-corrected chi connectivity index (χ1v) is 7.79.